The molecule has 0 spiro atoms. The fourth-order valence-corrected chi connectivity index (χ4v) is 2.27. The van der Waals surface area contributed by atoms with Crippen LogP contribution in [0.4, 0.5) is 4.39 Å². The Kier molecular flexibility index (Phi) is 3.74. The highest BCUT2D eigenvalue weighted by atomic mass is 32.1. The third kappa shape index (κ3) is 3.14. The lowest BCUT2D eigenvalue weighted by atomic mass is 10.2. The standard InChI is InChI=1S/C14H9FN2O3S/c15-11-3-1-2-9(6-11)13-16-12(20-17-13)7-19-14(18)10-4-5-21-8-10/h1-6,8H,7H2. The third-order valence-electron chi connectivity index (χ3n) is 2.63. The zero-order valence-electron chi connectivity index (χ0n) is 10.7. The third-order valence-corrected chi connectivity index (χ3v) is 3.32. The van der Waals surface area contributed by atoms with Crippen LogP contribution in [0.1, 0.15) is 16.2 Å². The molecule has 7 heteroatoms. The van der Waals surface area contributed by atoms with Gasteiger partial charge in [-0.3, -0.25) is 0 Å². The van der Waals surface area contributed by atoms with Crippen LogP contribution in [-0.4, -0.2) is 16.1 Å². The van der Waals surface area contributed by atoms with Crippen molar-refractivity contribution >= 4 is 17.3 Å². The predicted octanol–water partition coefficient (Wildman–Crippen LogP) is 3.29. The molecule has 2 heterocycles. The highest BCUT2D eigenvalue weighted by Gasteiger charge is 2.13. The van der Waals surface area contributed by atoms with Gasteiger partial charge in [-0.15, -0.1) is 0 Å². The summed E-state index contributed by atoms with van der Waals surface area (Å²) in [5.74, 6) is -0.446. The fourth-order valence-electron chi connectivity index (χ4n) is 1.65. The van der Waals surface area contributed by atoms with E-state index in [0.29, 0.717) is 11.1 Å². The predicted molar refractivity (Wildman–Crippen MR) is 73.1 cm³/mol. The van der Waals surface area contributed by atoms with Gasteiger partial charge in [-0.2, -0.15) is 16.3 Å². The van der Waals surface area contributed by atoms with E-state index in [1.54, 1.807) is 29.0 Å². The van der Waals surface area contributed by atoms with Crippen molar-refractivity contribution in [3.05, 3.63) is 58.4 Å². The molecule has 0 aliphatic heterocycles. The zero-order chi connectivity index (χ0) is 14.7. The monoisotopic (exact) mass is 304 g/mol. The molecule has 0 aliphatic rings. The Morgan fingerprint density at radius 3 is 3.05 bits per heavy atom. The molecule has 3 rings (SSSR count). The second-order valence-electron chi connectivity index (χ2n) is 4.11. The fraction of sp³-hybridized carbons (Fsp3) is 0.0714. The first-order valence-corrected chi connectivity index (χ1v) is 6.94. The average Bonchev–Trinajstić information content (AvgIpc) is 3.16. The molecule has 0 bridgehead atoms. The molecule has 0 aliphatic carbocycles. The first kappa shape index (κ1) is 13.4. The summed E-state index contributed by atoms with van der Waals surface area (Å²) in [6, 6.07) is 7.50. The van der Waals surface area contributed by atoms with Crippen LogP contribution in [-0.2, 0) is 11.3 Å². The van der Waals surface area contributed by atoms with E-state index < -0.39 is 5.97 Å². The van der Waals surface area contributed by atoms with Crippen LogP contribution in [0.5, 0.6) is 0 Å². The van der Waals surface area contributed by atoms with E-state index in [4.69, 9.17) is 9.26 Å². The van der Waals surface area contributed by atoms with Gasteiger partial charge in [0.25, 0.3) is 5.89 Å². The SMILES string of the molecule is O=C(OCc1nc(-c2cccc(F)c2)no1)c1ccsc1. The number of thiophene rings is 1. The van der Waals surface area contributed by atoms with Gasteiger partial charge in [-0.05, 0) is 23.6 Å². The Hall–Kier alpha value is -2.54. The van der Waals surface area contributed by atoms with Crippen LogP contribution in [0.3, 0.4) is 0 Å². The van der Waals surface area contributed by atoms with Crippen LogP contribution in [0, 0.1) is 5.82 Å². The number of carbonyl (C=O) groups excluding carboxylic acids is 1. The van der Waals surface area contributed by atoms with Crippen LogP contribution < -0.4 is 0 Å². The van der Waals surface area contributed by atoms with E-state index in [2.05, 4.69) is 10.1 Å². The minimum atomic E-state index is -0.457. The quantitative estimate of drug-likeness (QED) is 0.692. The number of rotatable bonds is 4. The summed E-state index contributed by atoms with van der Waals surface area (Å²) in [6.45, 7) is -0.128. The highest BCUT2D eigenvalue weighted by Crippen LogP contribution is 2.17. The molecule has 0 atom stereocenters. The first-order valence-electron chi connectivity index (χ1n) is 6.00. The largest absolute Gasteiger partial charge is 0.452 e. The van der Waals surface area contributed by atoms with Gasteiger partial charge in [0.2, 0.25) is 5.82 Å². The Balaban J connectivity index is 1.67. The van der Waals surface area contributed by atoms with Crippen LogP contribution >= 0.6 is 11.3 Å². The van der Waals surface area contributed by atoms with E-state index in [0.717, 1.165) is 0 Å². The Labute approximate surface area is 123 Å². The molecule has 2 aromatic heterocycles. The number of carbonyl (C=O) groups is 1. The lowest BCUT2D eigenvalue weighted by Gasteiger charge is -1.98. The maximum Gasteiger partial charge on any atom is 0.339 e. The number of halogens is 1. The van der Waals surface area contributed by atoms with Crippen LogP contribution in [0.15, 0.2) is 45.6 Å². The van der Waals surface area contributed by atoms with Crippen molar-refractivity contribution in [3.63, 3.8) is 0 Å². The van der Waals surface area contributed by atoms with Crippen molar-refractivity contribution in [2.45, 2.75) is 6.61 Å². The van der Waals surface area contributed by atoms with E-state index in [1.807, 2.05) is 0 Å². The smallest absolute Gasteiger partial charge is 0.339 e. The summed E-state index contributed by atoms with van der Waals surface area (Å²) in [5, 5.41) is 7.20. The van der Waals surface area contributed by atoms with Gasteiger partial charge in [0.15, 0.2) is 6.61 Å². The molecule has 0 amide bonds. The Morgan fingerprint density at radius 2 is 2.29 bits per heavy atom. The van der Waals surface area contributed by atoms with Gasteiger partial charge in [-0.25, -0.2) is 9.18 Å². The van der Waals surface area contributed by atoms with Gasteiger partial charge in [-0.1, -0.05) is 17.3 Å². The molecule has 21 heavy (non-hydrogen) atoms. The van der Waals surface area contributed by atoms with Crippen molar-refractivity contribution in [1.29, 1.82) is 0 Å². The highest BCUT2D eigenvalue weighted by molar-refractivity contribution is 7.08. The van der Waals surface area contributed by atoms with Crippen LogP contribution in [0.2, 0.25) is 0 Å². The second kappa shape index (κ2) is 5.84. The summed E-state index contributed by atoms with van der Waals surface area (Å²) in [4.78, 5) is 15.7. The normalized spacial score (nSPS) is 10.5. The molecule has 1 aromatic carbocycles. The van der Waals surface area contributed by atoms with Gasteiger partial charge < -0.3 is 9.26 Å². The molecule has 3 aromatic rings. The van der Waals surface area contributed by atoms with Crippen molar-refractivity contribution in [2.75, 3.05) is 0 Å². The molecule has 0 saturated carbocycles. The van der Waals surface area contributed by atoms with Gasteiger partial charge >= 0.3 is 5.97 Å². The summed E-state index contributed by atoms with van der Waals surface area (Å²) >= 11 is 1.40. The van der Waals surface area contributed by atoms with Crippen molar-refractivity contribution in [3.8, 4) is 11.4 Å². The summed E-state index contributed by atoms with van der Waals surface area (Å²) in [7, 11) is 0. The van der Waals surface area contributed by atoms with E-state index in [-0.39, 0.29) is 24.1 Å². The first-order chi connectivity index (χ1) is 10.2. The molecule has 0 saturated heterocycles. The number of aromatic nitrogens is 2. The number of esters is 1. The molecular formula is C14H9FN2O3S. The Morgan fingerprint density at radius 1 is 1.38 bits per heavy atom. The van der Waals surface area contributed by atoms with E-state index >= 15 is 0 Å². The van der Waals surface area contributed by atoms with Gasteiger partial charge in [0.05, 0.1) is 5.56 Å². The molecule has 0 radical (unpaired) electrons. The molecule has 106 valence electrons. The zero-order valence-corrected chi connectivity index (χ0v) is 11.5. The Bertz CT molecular complexity index is 755. The van der Waals surface area contributed by atoms with Crippen molar-refractivity contribution in [1.82, 2.24) is 10.1 Å². The second-order valence-corrected chi connectivity index (χ2v) is 4.89. The lowest BCUT2D eigenvalue weighted by molar-refractivity contribution is 0.0430. The van der Waals surface area contributed by atoms with Crippen molar-refractivity contribution < 1.29 is 18.4 Å². The minimum Gasteiger partial charge on any atom is -0.452 e. The maximum atomic E-state index is 13.1. The van der Waals surface area contributed by atoms with Gasteiger partial charge in [0, 0.05) is 10.9 Å². The minimum absolute atomic E-state index is 0.128. The van der Waals surface area contributed by atoms with Gasteiger partial charge in [0.1, 0.15) is 5.82 Å². The summed E-state index contributed by atoms with van der Waals surface area (Å²) < 4.78 is 23.1. The molecule has 0 unspecified atom stereocenters. The lowest BCUT2D eigenvalue weighted by Crippen LogP contribution is -2.03. The maximum absolute atomic E-state index is 13.1. The number of ether oxygens (including phenoxy) is 1. The molecule has 5 nitrogen and oxygen atoms in total. The average molecular weight is 304 g/mol. The van der Waals surface area contributed by atoms with Crippen LogP contribution in [0.25, 0.3) is 11.4 Å². The summed E-state index contributed by atoms with van der Waals surface area (Å²) in [6.07, 6.45) is 0. The number of hydrogen-bond donors (Lipinski definition) is 0. The number of hydrogen-bond acceptors (Lipinski definition) is 6. The van der Waals surface area contributed by atoms with E-state index in [1.165, 1.54) is 23.5 Å². The van der Waals surface area contributed by atoms with Crippen molar-refractivity contribution in [2.24, 2.45) is 0 Å². The molecule has 0 fully saturated rings. The molecule has 0 N–H and O–H groups in total. The number of benzene rings is 1. The molecular weight excluding hydrogens is 295 g/mol. The van der Waals surface area contributed by atoms with E-state index in [9.17, 15) is 9.18 Å². The number of nitrogens with zero attached hydrogens (tertiary/aromatic N) is 2. The topological polar surface area (TPSA) is 65.2 Å². The summed E-state index contributed by atoms with van der Waals surface area (Å²) in [5.41, 5.74) is 0.971.